The van der Waals surface area contributed by atoms with Crippen molar-refractivity contribution in [3.8, 4) is 0 Å². The van der Waals surface area contributed by atoms with Crippen LogP contribution in [0.3, 0.4) is 0 Å². The number of hydrogen-bond acceptors (Lipinski definition) is 3. The molecule has 0 amide bonds. The molecule has 1 aromatic rings. The highest BCUT2D eigenvalue weighted by Gasteiger charge is 2.35. The molecule has 15 heavy (non-hydrogen) atoms. The fourth-order valence-corrected chi connectivity index (χ4v) is 1.31. The van der Waals surface area contributed by atoms with E-state index in [2.05, 4.69) is 15.3 Å². The molecule has 3 nitrogen and oxygen atoms in total. The first kappa shape index (κ1) is 10.2. The molecule has 0 aliphatic heterocycles. The van der Waals surface area contributed by atoms with Gasteiger partial charge in [0, 0.05) is 18.7 Å². The molecule has 2 rings (SSSR count). The summed E-state index contributed by atoms with van der Waals surface area (Å²) in [5.41, 5.74) is -0.384. The van der Waals surface area contributed by atoms with E-state index in [9.17, 15) is 13.2 Å². The summed E-state index contributed by atoms with van der Waals surface area (Å²) in [4.78, 5) is 7.39. The highest BCUT2D eigenvalue weighted by Crippen LogP contribution is 2.40. The first-order valence-corrected chi connectivity index (χ1v) is 4.64. The van der Waals surface area contributed by atoms with Crippen molar-refractivity contribution in [2.24, 2.45) is 0 Å². The Hall–Kier alpha value is -1.33. The third-order valence-corrected chi connectivity index (χ3v) is 2.26. The summed E-state index contributed by atoms with van der Waals surface area (Å²) in [7, 11) is 1.51. The van der Waals surface area contributed by atoms with E-state index in [-0.39, 0.29) is 11.9 Å². The largest absolute Gasteiger partial charge is 0.433 e. The SMILES string of the molecule is CNc1nc(C2CC2)cc(C(F)(F)F)n1. The van der Waals surface area contributed by atoms with Gasteiger partial charge in [-0.2, -0.15) is 13.2 Å². The normalized spacial score (nSPS) is 16.5. The lowest BCUT2D eigenvalue weighted by molar-refractivity contribution is -0.141. The molecule has 1 saturated carbocycles. The summed E-state index contributed by atoms with van der Waals surface area (Å²) in [5, 5.41) is 2.54. The summed E-state index contributed by atoms with van der Waals surface area (Å²) in [6, 6.07) is 1.04. The molecule has 1 heterocycles. The van der Waals surface area contributed by atoms with Crippen LogP contribution in [-0.4, -0.2) is 17.0 Å². The summed E-state index contributed by atoms with van der Waals surface area (Å²) < 4.78 is 37.3. The van der Waals surface area contributed by atoms with E-state index in [0.717, 1.165) is 18.9 Å². The van der Waals surface area contributed by atoms with Gasteiger partial charge < -0.3 is 5.32 Å². The maximum Gasteiger partial charge on any atom is 0.433 e. The van der Waals surface area contributed by atoms with Gasteiger partial charge in [0.2, 0.25) is 5.95 Å². The van der Waals surface area contributed by atoms with Crippen molar-refractivity contribution in [1.29, 1.82) is 0 Å². The molecule has 1 aromatic heterocycles. The molecule has 1 aliphatic rings. The highest BCUT2D eigenvalue weighted by atomic mass is 19.4. The molecule has 0 bridgehead atoms. The summed E-state index contributed by atoms with van der Waals surface area (Å²) in [6.45, 7) is 0. The fourth-order valence-electron chi connectivity index (χ4n) is 1.31. The minimum Gasteiger partial charge on any atom is -0.357 e. The average molecular weight is 217 g/mol. The second-order valence-corrected chi connectivity index (χ2v) is 3.52. The lowest BCUT2D eigenvalue weighted by atomic mass is 10.2. The van der Waals surface area contributed by atoms with Crippen LogP contribution in [0.25, 0.3) is 0 Å². The highest BCUT2D eigenvalue weighted by molar-refractivity contribution is 5.31. The van der Waals surface area contributed by atoms with E-state index in [4.69, 9.17) is 0 Å². The topological polar surface area (TPSA) is 37.8 Å². The van der Waals surface area contributed by atoms with Gasteiger partial charge in [-0.05, 0) is 18.9 Å². The van der Waals surface area contributed by atoms with E-state index in [1.165, 1.54) is 7.05 Å². The Bertz CT molecular complexity index is 371. The number of aromatic nitrogens is 2. The van der Waals surface area contributed by atoms with Crippen molar-refractivity contribution in [3.63, 3.8) is 0 Å². The molecule has 0 spiro atoms. The lowest BCUT2D eigenvalue weighted by Gasteiger charge is -2.09. The van der Waals surface area contributed by atoms with Crippen LogP contribution in [-0.2, 0) is 6.18 Å². The average Bonchev–Trinajstić information content (AvgIpc) is 2.99. The second-order valence-electron chi connectivity index (χ2n) is 3.52. The third kappa shape index (κ3) is 2.19. The van der Waals surface area contributed by atoms with E-state index in [1.807, 2.05) is 0 Å². The maximum absolute atomic E-state index is 12.4. The van der Waals surface area contributed by atoms with Crippen molar-refractivity contribution in [1.82, 2.24) is 9.97 Å². The summed E-state index contributed by atoms with van der Waals surface area (Å²) >= 11 is 0. The quantitative estimate of drug-likeness (QED) is 0.826. The molecule has 0 radical (unpaired) electrons. The number of nitrogens with zero attached hydrogens (tertiary/aromatic N) is 2. The van der Waals surface area contributed by atoms with Gasteiger partial charge in [0.05, 0.1) is 0 Å². The van der Waals surface area contributed by atoms with E-state index in [0.29, 0.717) is 5.69 Å². The van der Waals surface area contributed by atoms with Gasteiger partial charge in [0.15, 0.2) is 0 Å². The predicted octanol–water partition coefficient (Wildman–Crippen LogP) is 2.41. The molecular weight excluding hydrogens is 207 g/mol. The third-order valence-electron chi connectivity index (χ3n) is 2.26. The number of alkyl halides is 3. The van der Waals surface area contributed by atoms with E-state index in [1.54, 1.807) is 0 Å². The smallest absolute Gasteiger partial charge is 0.357 e. The zero-order valence-electron chi connectivity index (χ0n) is 8.10. The molecule has 0 atom stereocenters. The Balaban J connectivity index is 2.41. The van der Waals surface area contributed by atoms with Crippen molar-refractivity contribution >= 4 is 5.95 Å². The zero-order valence-corrected chi connectivity index (χ0v) is 8.10. The molecule has 1 N–H and O–H groups in total. The first-order valence-electron chi connectivity index (χ1n) is 4.64. The van der Waals surface area contributed by atoms with Crippen molar-refractivity contribution in [2.45, 2.75) is 24.9 Å². The van der Waals surface area contributed by atoms with Gasteiger partial charge in [-0.15, -0.1) is 0 Å². The summed E-state index contributed by atoms with van der Waals surface area (Å²) in [5.74, 6) is 0.216. The summed E-state index contributed by atoms with van der Waals surface area (Å²) in [6.07, 6.45) is -2.58. The fraction of sp³-hybridized carbons (Fsp3) is 0.556. The van der Waals surface area contributed by atoms with Crippen LogP contribution in [0.4, 0.5) is 19.1 Å². The van der Waals surface area contributed by atoms with Gasteiger partial charge in [-0.1, -0.05) is 0 Å². The van der Waals surface area contributed by atoms with Crippen molar-refractivity contribution < 1.29 is 13.2 Å². The van der Waals surface area contributed by atoms with Gasteiger partial charge >= 0.3 is 6.18 Å². The Kier molecular flexibility index (Phi) is 2.28. The van der Waals surface area contributed by atoms with Gasteiger partial charge in [-0.3, -0.25) is 0 Å². The molecule has 6 heteroatoms. The number of halogens is 3. The lowest BCUT2D eigenvalue weighted by Crippen LogP contribution is -2.12. The standard InChI is InChI=1S/C9H10F3N3/c1-13-8-14-6(5-2-3-5)4-7(15-8)9(10,11)12/h4-5H,2-3H2,1H3,(H,13,14,15). The Labute approximate surface area is 84.7 Å². The molecule has 82 valence electrons. The second kappa shape index (κ2) is 3.36. The van der Waals surface area contributed by atoms with Crippen LogP contribution < -0.4 is 5.32 Å². The molecule has 0 unspecified atom stereocenters. The maximum atomic E-state index is 12.4. The van der Waals surface area contributed by atoms with Gasteiger partial charge in [-0.25, -0.2) is 9.97 Å². The molecular formula is C9H10F3N3. The minimum atomic E-state index is -4.40. The van der Waals surface area contributed by atoms with Crippen LogP contribution in [0.1, 0.15) is 30.1 Å². The first-order chi connectivity index (χ1) is 7.00. The number of rotatable bonds is 2. The Morgan fingerprint density at radius 2 is 2.00 bits per heavy atom. The van der Waals surface area contributed by atoms with Crippen molar-refractivity contribution in [2.75, 3.05) is 12.4 Å². The van der Waals surface area contributed by atoms with Crippen LogP contribution in [0.5, 0.6) is 0 Å². The van der Waals surface area contributed by atoms with Crippen LogP contribution in [0, 0.1) is 0 Å². The molecule has 0 aromatic carbocycles. The molecule has 1 fully saturated rings. The predicted molar refractivity (Wildman–Crippen MR) is 48.6 cm³/mol. The number of anilines is 1. The number of hydrogen-bond donors (Lipinski definition) is 1. The Morgan fingerprint density at radius 1 is 1.33 bits per heavy atom. The van der Waals surface area contributed by atoms with Crippen molar-refractivity contribution in [3.05, 3.63) is 17.5 Å². The minimum absolute atomic E-state index is 0.0340. The van der Waals surface area contributed by atoms with Crippen LogP contribution in [0.2, 0.25) is 0 Å². The van der Waals surface area contributed by atoms with Crippen LogP contribution >= 0.6 is 0 Å². The molecule has 1 aliphatic carbocycles. The van der Waals surface area contributed by atoms with E-state index >= 15 is 0 Å². The van der Waals surface area contributed by atoms with Crippen LogP contribution in [0.15, 0.2) is 6.07 Å². The zero-order chi connectivity index (χ0) is 11.1. The van der Waals surface area contributed by atoms with E-state index < -0.39 is 11.9 Å². The van der Waals surface area contributed by atoms with Gasteiger partial charge in [0.1, 0.15) is 5.69 Å². The molecule has 0 saturated heterocycles. The Morgan fingerprint density at radius 3 is 2.47 bits per heavy atom. The monoisotopic (exact) mass is 217 g/mol. The van der Waals surface area contributed by atoms with Gasteiger partial charge in [0.25, 0.3) is 0 Å². The number of nitrogens with one attached hydrogen (secondary N) is 1.